The Morgan fingerprint density at radius 3 is 1.19 bits per heavy atom. The Kier molecular flexibility index (Phi) is 49.3. The lowest BCUT2D eigenvalue weighted by atomic mass is 10.0. The van der Waals surface area contributed by atoms with Gasteiger partial charge in [-0.15, -0.1) is 0 Å². The number of carbonyl (C=O) groups is 1. The molecule has 68 heavy (non-hydrogen) atoms. The fourth-order valence-corrected chi connectivity index (χ4v) is 9.14. The van der Waals surface area contributed by atoms with Gasteiger partial charge in [0, 0.05) is 6.42 Å². The van der Waals surface area contributed by atoms with Crippen LogP contribution in [0.4, 0.5) is 0 Å². The molecule has 3 atom stereocenters. The smallest absolute Gasteiger partial charge is 0.268 e. The van der Waals surface area contributed by atoms with E-state index in [0.29, 0.717) is 17.4 Å². The van der Waals surface area contributed by atoms with E-state index in [1.54, 1.807) is 6.08 Å². The van der Waals surface area contributed by atoms with Crippen LogP contribution in [0.15, 0.2) is 48.6 Å². The van der Waals surface area contributed by atoms with E-state index >= 15 is 0 Å². The summed E-state index contributed by atoms with van der Waals surface area (Å²) in [5.41, 5.74) is 0. The largest absolute Gasteiger partial charge is 0.756 e. The normalized spacial score (nSPS) is 14.3. The average Bonchev–Trinajstić information content (AvgIpc) is 3.30. The maximum atomic E-state index is 13.0. The number of hydrogen-bond acceptors (Lipinski definition) is 6. The highest BCUT2D eigenvalue weighted by molar-refractivity contribution is 7.45. The van der Waals surface area contributed by atoms with Crippen LogP contribution in [0.2, 0.25) is 0 Å². The Morgan fingerprint density at radius 1 is 0.500 bits per heavy atom. The molecule has 0 aromatic carbocycles. The number of carbonyl (C=O) groups excluding carboxylic acids is 1. The molecule has 0 aliphatic heterocycles. The van der Waals surface area contributed by atoms with Gasteiger partial charge in [-0.05, 0) is 70.6 Å². The molecule has 0 aromatic rings. The van der Waals surface area contributed by atoms with E-state index < -0.39 is 26.6 Å². The van der Waals surface area contributed by atoms with Gasteiger partial charge in [0.2, 0.25) is 5.91 Å². The summed E-state index contributed by atoms with van der Waals surface area (Å²) in [6.45, 7) is 4.64. The fraction of sp³-hybridized carbons (Fsp3) is 0.847. The van der Waals surface area contributed by atoms with Crippen LogP contribution in [-0.2, 0) is 18.4 Å². The summed E-state index contributed by atoms with van der Waals surface area (Å²) in [5.74, 6) is -0.210. The molecule has 0 saturated carbocycles. The second-order valence-corrected chi connectivity index (χ2v) is 22.4. The van der Waals surface area contributed by atoms with Crippen molar-refractivity contribution in [3.8, 4) is 0 Å². The molecule has 0 aliphatic carbocycles. The summed E-state index contributed by atoms with van der Waals surface area (Å²) in [4.78, 5) is 25.5. The molecule has 8 nitrogen and oxygen atoms in total. The highest BCUT2D eigenvalue weighted by atomic mass is 31.2. The number of phosphoric ester groups is 1. The zero-order valence-electron chi connectivity index (χ0n) is 45.6. The molecule has 400 valence electrons. The van der Waals surface area contributed by atoms with Crippen molar-refractivity contribution in [1.82, 2.24) is 5.32 Å². The van der Waals surface area contributed by atoms with E-state index in [1.807, 2.05) is 27.2 Å². The first-order valence-electron chi connectivity index (χ1n) is 29.0. The first-order chi connectivity index (χ1) is 33.0. The van der Waals surface area contributed by atoms with Crippen LogP contribution >= 0.6 is 7.82 Å². The van der Waals surface area contributed by atoms with Gasteiger partial charge < -0.3 is 28.8 Å². The van der Waals surface area contributed by atoms with Crippen molar-refractivity contribution in [2.24, 2.45) is 0 Å². The van der Waals surface area contributed by atoms with Crippen molar-refractivity contribution >= 4 is 13.7 Å². The van der Waals surface area contributed by atoms with Crippen LogP contribution in [0.1, 0.15) is 271 Å². The summed E-state index contributed by atoms with van der Waals surface area (Å²) in [6.07, 6.45) is 66.3. The van der Waals surface area contributed by atoms with Gasteiger partial charge in [0.25, 0.3) is 7.82 Å². The second kappa shape index (κ2) is 50.4. The summed E-state index contributed by atoms with van der Waals surface area (Å²) in [6, 6.07) is -0.910. The number of nitrogens with zero attached hydrogens (tertiary/aromatic N) is 1. The van der Waals surface area contributed by atoms with Gasteiger partial charge in [0.1, 0.15) is 13.2 Å². The summed E-state index contributed by atoms with van der Waals surface area (Å²) >= 11 is 0. The van der Waals surface area contributed by atoms with Crippen LogP contribution in [0, 0.1) is 0 Å². The lowest BCUT2D eigenvalue weighted by molar-refractivity contribution is -0.870. The molecule has 0 aromatic heterocycles. The summed E-state index contributed by atoms with van der Waals surface area (Å²) in [7, 11) is 1.24. The van der Waals surface area contributed by atoms with E-state index in [-0.39, 0.29) is 12.5 Å². The molecule has 3 unspecified atom stereocenters. The van der Waals surface area contributed by atoms with Gasteiger partial charge in [-0.2, -0.15) is 0 Å². The van der Waals surface area contributed by atoms with Gasteiger partial charge in [0.15, 0.2) is 0 Å². The Bertz CT molecular complexity index is 1250. The molecule has 0 spiro atoms. The van der Waals surface area contributed by atoms with Gasteiger partial charge >= 0.3 is 0 Å². The molecule has 1 amide bonds. The molecule has 0 fully saturated rings. The molecule has 0 rings (SSSR count). The number of aliphatic hydroxyl groups is 1. The third-order valence-electron chi connectivity index (χ3n) is 13.0. The van der Waals surface area contributed by atoms with Crippen LogP contribution in [0.25, 0.3) is 0 Å². The minimum Gasteiger partial charge on any atom is -0.756 e. The highest BCUT2D eigenvalue weighted by Gasteiger charge is 2.23. The topological polar surface area (TPSA) is 108 Å². The number of hydrogen-bond donors (Lipinski definition) is 2. The number of phosphoric acid groups is 1. The maximum Gasteiger partial charge on any atom is 0.268 e. The van der Waals surface area contributed by atoms with E-state index in [1.165, 1.54) is 205 Å². The first-order valence-corrected chi connectivity index (χ1v) is 30.5. The number of amides is 1. The number of rotatable bonds is 53. The Morgan fingerprint density at radius 2 is 0.824 bits per heavy atom. The molecule has 0 heterocycles. The molecule has 9 heteroatoms. The van der Waals surface area contributed by atoms with Crippen molar-refractivity contribution in [3.05, 3.63) is 48.6 Å². The first kappa shape index (κ1) is 66.5. The molecular formula is C59H113N2O6P. The fourth-order valence-electron chi connectivity index (χ4n) is 8.42. The standard InChI is InChI=1S/C59H113N2O6P/c1-6-8-10-12-14-16-18-20-22-24-25-26-27-28-29-30-31-32-33-34-35-37-39-41-43-45-47-49-51-53-59(63)60-57(56-67-68(64,65)66-55-54-61(3,4)5)58(62)52-50-48-46-44-42-40-38-36-23-21-19-17-15-13-11-9-7-2/h23,28-29,36,42,44,50,52,57-58,62H,6-22,24-27,30-35,37-41,43,45-49,51,53-56H2,1-5H3,(H-,60,63,64,65)/b29-28-,36-23+,44-42+,52-50+. The summed E-state index contributed by atoms with van der Waals surface area (Å²) < 4.78 is 23.3. The quantitative estimate of drug-likeness (QED) is 0.0272. The van der Waals surface area contributed by atoms with E-state index in [0.717, 1.165) is 44.9 Å². The number of quaternary nitrogens is 1. The lowest BCUT2D eigenvalue weighted by Crippen LogP contribution is -2.45. The zero-order chi connectivity index (χ0) is 49.9. The Hall–Kier alpha value is -1.54. The van der Waals surface area contributed by atoms with Crippen molar-refractivity contribution in [2.45, 2.75) is 283 Å². The maximum absolute atomic E-state index is 13.0. The predicted octanol–water partition coefficient (Wildman–Crippen LogP) is 16.9. The zero-order valence-corrected chi connectivity index (χ0v) is 46.5. The van der Waals surface area contributed by atoms with E-state index in [4.69, 9.17) is 9.05 Å². The number of allylic oxidation sites excluding steroid dienone is 7. The summed E-state index contributed by atoms with van der Waals surface area (Å²) in [5, 5.41) is 13.8. The lowest BCUT2D eigenvalue weighted by Gasteiger charge is -2.29. The van der Waals surface area contributed by atoms with Crippen molar-refractivity contribution in [1.29, 1.82) is 0 Å². The van der Waals surface area contributed by atoms with Crippen LogP contribution in [0.5, 0.6) is 0 Å². The number of nitrogens with one attached hydrogen (secondary N) is 1. The number of unbranched alkanes of at least 4 members (excludes halogenated alkanes) is 34. The van der Waals surface area contributed by atoms with Crippen molar-refractivity contribution in [2.75, 3.05) is 40.9 Å². The molecule has 0 bridgehead atoms. The second-order valence-electron chi connectivity index (χ2n) is 21.0. The van der Waals surface area contributed by atoms with Gasteiger partial charge in [-0.3, -0.25) is 9.36 Å². The van der Waals surface area contributed by atoms with Crippen molar-refractivity contribution in [3.63, 3.8) is 0 Å². The third-order valence-corrected chi connectivity index (χ3v) is 14.0. The number of likely N-dealkylation sites (N-methyl/N-ethyl adjacent to an activating group) is 1. The predicted molar refractivity (Wildman–Crippen MR) is 293 cm³/mol. The molecular weight excluding hydrogens is 864 g/mol. The minimum absolute atomic E-state index is 0.00912. The molecule has 0 radical (unpaired) electrons. The van der Waals surface area contributed by atoms with E-state index in [9.17, 15) is 19.4 Å². The average molecular weight is 978 g/mol. The van der Waals surface area contributed by atoms with Crippen molar-refractivity contribution < 1.29 is 32.9 Å². The van der Waals surface area contributed by atoms with Crippen LogP contribution < -0.4 is 10.2 Å². The Balaban J connectivity index is 4.17. The van der Waals surface area contributed by atoms with Crippen LogP contribution in [-0.4, -0.2) is 68.5 Å². The number of aliphatic hydroxyl groups excluding tert-OH is 1. The van der Waals surface area contributed by atoms with E-state index in [2.05, 4.69) is 55.6 Å². The van der Waals surface area contributed by atoms with Gasteiger partial charge in [0.05, 0.1) is 39.9 Å². The molecule has 0 saturated heterocycles. The van der Waals surface area contributed by atoms with Crippen LogP contribution in [0.3, 0.4) is 0 Å². The third kappa shape index (κ3) is 52.3. The Labute approximate surface area is 422 Å². The van der Waals surface area contributed by atoms with Gasteiger partial charge in [-0.1, -0.05) is 242 Å². The highest BCUT2D eigenvalue weighted by Crippen LogP contribution is 2.38. The monoisotopic (exact) mass is 977 g/mol. The minimum atomic E-state index is -4.61. The SMILES string of the molecule is CCCCCCCCC/C=C/CC/C=C/CC/C=C/C(O)C(COP(=O)([O-])OCC[N+](C)(C)C)NC(=O)CCCCCCCCCCCCCCC/C=C\CCCCCCCCCCCCCC. The molecule has 0 aliphatic rings. The molecule has 2 N–H and O–H groups in total. The van der Waals surface area contributed by atoms with Gasteiger partial charge in [-0.25, -0.2) is 0 Å².